The van der Waals surface area contributed by atoms with Crippen molar-refractivity contribution in [2.24, 2.45) is 0 Å². The number of carbonyl (C=O) groups is 1. The standard InChI is InChI=1S/C20H22ClN5O/c1-3-26(4-2)17(14-10-6-5-7-11-14)19(27)23-20-22-18(24-25-20)15-12-8-9-13-16(15)21/h5-13,17H,3-4H2,1-2H3,(H2,22,23,24,25,27). The molecule has 1 aromatic heterocycles. The number of aromatic nitrogens is 3. The lowest BCUT2D eigenvalue weighted by Crippen LogP contribution is -2.37. The molecule has 0 saturated heterocycles. The molecule has 0 fully saturated rings. The van der Waals surface area contributed by atoms with E-state index >= 15 is 0 Å². The molecule has 27 heavy (non-hydrogen) atoms. The highest BCUT2D eigenvalue weighted by Gasteiger charge is 2.26. The summed E-state index contributed by atoms with van der Waals surface area (Å²) in [5.74, 6) is 0.563. The molecule has 0 aliphatic rings. The van der Waals surface area contributed by atoms with Crippen LogP contribution in [0.25, 0.3) is 11.4 Å². The molecule has 1 atom stereocenters. The van der Waals surface area contributed by atoms with Crippen LogP contribution in [0, 0.1) is 0 Å². The smallest absolute Gasteiger partial charge is 0.249 e. The van der Waals surface area contributed by atoms with Gasteiger partial charge in [-0.1, -0.05) is 67.9 Å². The van der Waals surface area contributed by atoms with Crippen LogP contribution in [0.4, 0.5) is 5.95 Å². The van der Waals surface area contributed by atoms with E-state index in [1.54, 1.807) is 6.07 Å². The quantitative estimate of drug-likeness (QED) is 0.642. The Morgan fingerprint density at radius 2 is 1.78 bits per heavy atom. The molecule has 2 N–H and O–H groups in total. The molecule has 3 rings (SSSR count). The zero-order chi connectivity index (χ0) is 19.2. The molecule has 0 spiro atoms. The lowest BCUT2D eigenvalue weighted by Gasteiger charge is -2.28. The summed E-state index contributed by atoms with van der Waals surface area (Å²) in [6, 6.07) is 16.6. The van der Waals surface area contributed by atoms with Crippen molar-refractivity contribution in [2.75, 3.05) is 18.4 Å². The molecular formula is C20H22ClN5O. The SMILES string of the molecule is CCN(CC)C(C(=O)Nc1n[nH]c(-c2ccccc2Cl)n1)c1ccccc1. The van der Waals surface area contributed by atoms with Crippen molar-refractivity contribution < 1.29 is 4.79 Å². The van der Waals surface area contributed by atoms with E-state index in [0.717, 1.165) is 24.2 Å². The summed E-state index contributed by atoms with van der Waals surface area (Å²) in [4.78, 5) is 19.5. The summed E-state index contributed by atoms with van der Waals surface area (Å²) in [5, 5.41) is 10.3. The predicted molar refractivity (Wildman–Crippen MR) is 108 cm³/mol. The Labute approximate surface area is 163 Å². The van der Waals surface area contributed by atoms with Crippen LogP contribution in [-0.2, 0) is 4.79 Å². The molecule has 1 unspecified atom stereocenters. The number of benzene rings is 2. The zero-order valence-electron chi connectivity index (χ0n) is 15.3. The van der Waals surface area contributed by atoms with Crippen molar-refractivity contribution in [2.45, 2.75) is 19.9 Å². The summed E-state index contributed by atoms with van der Waals surface area (Å²) in [6.45, 7) is 5.58. The van der Waals surface area contributed by atoms with Crippen LogP contribution in [0.1, 0.15) is 25.5 Å². The van der Waals surface area contributed by atoms with Gasteiger partial charge in [0.1, 0.15) is 6.04 Å². The minimum absolute atomic E-state index is 0.172. The van der Waals surface area contributed by atoms with Gasteiger partial charge in [0.15, 0.2) is 5.82 Å². The normalized spacial score (nSPS) is 12.1. The van der Waals surface area contributed by atoms with Crippen molar-refractivity contribution >= 4 is 23.5 Å². The van der Waals surface area contributed by atoms with Gasteiger partial charge in [-0.05, 0) is 30.8 Å². The number of likely N-dealkylation sites (N-methyl/N-ethyl adjacent to an activating group) is 1. The van der Waals surface area contributed by atoms with Gasteiger partial charge in [-0.25, -0.2) is 0 Å². The van der Waals surface area contributed by atoms with Gasteiger partial charge >= 0.3 is 0 Å². The van der Waals surface area contributed by atoms with Crippen molar-refractivity contribution in [3.05, 3.63) is 65.2 Å². The first-order valence-corrected chi connectivity index (χ1v) is 9.29. The summed E-state index contributed by atoms with van der Waals surface area (Å²) < 4.78 is 0. The second-order valence-corrected chi connectivity index (χ2v) is 6.42. The molecule has 1 amide bonds. The van der Waals surface area contributed by atoms with Crippen molar-refractivity contribution in [1.82, 2.24) is 20.1 Å². The van der Waals surface area contributed by atoms with Gasteiger partial charge in [0.2, 0.25) is 11.9 Å². The van der Waals surface area contributed by atoms with Gasteiger partial charge < -0.3 is 0 Å². The number of hydrogen-bond donors (Lipinski definition) is 2. The minimum Gasteiger partial charge on any atom is -0.292 e. The first-order valence-electron chi connectivity index (χ1n) is 8.91. The van der Waals surface area contributed by atoms with Crippen LogP contribution in [0.2, 0.25) is 5.02 Å². The average molecular weight is 384 g/mol. The highest BCUT2D eigenvalue weighted by Crippen LogP contribution is 2.26. The minimum atomic E-state index is -0.413. The van der Waals surface area contributed by atoms with Crippen LogP contribution in [0.15, 0.2) is 54.6 Å². The molecule has 2 aromatic carbocycles. The van der Waals surface area contributed by atoms with E-state index in [-0.39, 0.29) is 11.9 Å². The summed E-state index contributed by atoms with van der Waals surface area (Å²) in [5.41, 5.74) is 1.66. The number of nitrogens with zero attached hydrogens (tertiary/aromatic N) is 3. The van der Waals surface area contributed by atoms with Crippen molar-refractivity contribution in [3.63, 3.8) is 0 Å². The third-order valence-corrected chi connectivity index (χ3v) is 4.72. The average Bonchev–Trinajstić information content (AvgIpc) is 3.15. The van der Waals surface area contributed by atoms with E-state index < -0.39 is 6.04 Å². The maximum absolute atomic E-state index is 13.0. The Morgan fingerprint density at radius 3 is 2.44 bits per heavy atom. The molecule has 140 valence electrons. The second-order valence-electron chi connectivity index (χ2n) is 6.01. The zero-order valence-corrected chi connectivity index (χ0v) is 16.1. The molecule has 0 aliphatic carbocycles. The monoisotopic (exact) mass is 383 g/mol. The maximum Gasteiger partial charge on any atom is 0.249 e. The van der Waals surface area contributed by atoms with E-state index in [0.29, 0.717) is 10.8 Å². The van der Waals surface area contributed by atoms with Crippen molar-refractivity contribution in [1.29, 1.82) is 0 Å². The Bertz CT molecular complexity index is 892. The fraction of sp³-hybridized carbons (Fsp3) is 0.250. The fourth-order valence-electron chi connectivity index (χ4n) is 3.02. The number of aromatic amines is 1. The molecule has 0 aliphatic heterocycles. The predicted octanol–water partition coefficient (Wildman–Crippen LogP) is 4.15. The van der Waals surface area contributed by atoms with Crippen molar-refractivity contribution in [3.8, 4) is 11.4 Å². The lowest BCUT2D eigenvalue weighted by atomic mass is 10.0. The Kier molecular flexibility index (Phi) is 6.21. The Hall–Kier alpha value is -2.70. The number of H-pyrrole nitrogens is 1. The number of nitrogens with one attached hydrogen (secondary N) is 2. The van der Waals surface area contributed by atoms with Gasteiger partial charge in [-0.15, -0.1) is 5.10 Å². The number of halogens is 1. The number of rotatable bonds is 7. The summed E-state index contributed by atoms with van der Waals surface area (Å²) in [6.07, 6.45) is 0. The van der Waals surface area contributed by atoms with Gasteiger partial charge in [-0.2, -0.15) is 4.98 Å². The van der Waals surface area contributed by atoms with Crippen LogP contribution >= 0.6 is 11.6 Å². The highest BCUT2D eigenvalue weighted by atomic mass is 35.5. The molecule has 1 heterocycles. The van der Waals surface area contributed by atoms with E-state index in [4.69, 9.17) is 11.6 Å². The molecular weight excluding hydrogens is 362 g/mol. The van der Waals surface area contributed by atoms with Gasteiger partial charge in [0.05, 0.1) is 5.02 Å². The van der Waals surface area contributed by atoms with Gasteiger partial charge in [0.25, 0.3) is 0 Å². The van der Waals surface area contributed by atoms with Crippen LogP contribution in [0.5, 0.6) is 0 Å². The number of amides is 1. The first-order chi connectivity index (χ1) is 13.1. The van der Waals surface area contributed by atoms with Crippen LogP contribution in [0.3, 0.4) is 0 Å². The molecule has 0 saturated carbocycles. The van der Waals surface area contributed by atoms with Gasteiger partial charge in [0, 0.05) is 5.56 Å². The maximum atomic E-state index is 13.0. The first kappa shape index (κ1) is 19.1. The third kappa shape index (κ3) is 4.35. The largest absolute Gasteiger partial charge is 0.292 e. The highest BCUT2D eigenvalue weighted by molar-refractivity contribution is 6.33. The van der Waals surface area contributed by atoms with E-state index in [1.165, 1.54) is 0 Å². The summed E-state index contributed by atoms with van der Waals surface area (Å²) >= 11 is 6.20. The van der Waals surface area contributed by atoms with E-state index in [9.17, 15) is 4.79 Å². The number of hydrogen-bond acceptors (Lipinski definition) is 4. The Morgan fingerprint density at radius 1 is 1.11 bits per heavy atom. The Balaban J connectivity index is 1.83. The van der Waals surface area contributed by atoms with Crippen LogP contribution in [-0.4, -0.2) is 39.1 Å². The third-order valence-electron chi connectivity index (χ3n) is 4.39. The number of carbonyl (C=O) groups excluding carboxylic acids is 1. The second kappa shape index (κ2) is 8.79. The van der Waals surface area contributed by atoms with E-state index in [2.05, 4.69) is 25.4 Å². The van der Waals surface area contributed by atoms with Crippen LogP contribution < -0.4 is 5.32 Å². The molecule has 3 aromatic rings. The fourth-order valence-corrected chi connectivity index (χ4v) is 3.25. The van der Waals surface area contributed by atoms with E-state index in [1.807, 2.05) is 62.4 Å². The number of anilines is 1. The lowest BCUT2D eigenvalue weighted by molar-refractivity contribution is -0.121. The molecule has 0 radical (unpaired) electrons. The molecule has 6 nitrogen and oxygen atoms in total. The molecule has 0 bridgehead atoms. The topological polar surface area (TPSA) is 73.9 Å². The molecule has 7 heteroatoms. The summed E-state index contributed by atoms with van der Waals surface area (Å²) in [7, 11) is 0. The van der Waals surface area contributed by atoms with Gasteiger partial charge in [-0.3, -0.25) is 20.1 Å².